The van der Waals surface area contributed by atoms with Gasteiger partial charge in [0.15, 0.2) is 5.69 Å². The highest BCUT2D eigenvalue weighted by Gasteiger charge is 2.19. The Morgan fingerprint density at radius 1 is 1.52 bits per heavy atom. The van der Waals surface area contributed by atoms with Crippen molar-refractivity contribution in [3.05, 3.63) is 36.2 Å². The van der Waals surface area contributed by atoms with Gasteiger partial charge in [0.1, 0.15) is 25.3 Å². The summed E-state index contributed by atoms with van der Waals surface area (Å²) >= 11 is 0. The summed E-state index contributed by atoms with van der Waals surface area (Å²) in [6.07, 6.45) is 3.00. The Hall–Kier alpha value is -2.51. The van der Waals surface area contributed by atoms with Crippen molar-refractivity contribution in [3.8, 4) is 0 Å². The molecule has 0 saturated heterocycles. The van der Waals surface area contributed by atoms with Crippen LogP contribution in [0.5, 0.6) is 0 Å². The smallest absolute Gasteiger partial charge is 0.361 e. The molecule has 0 atom stereocenters. The van der Waals surface area contributed by atoms with Crippen LogP contribution in [-0.2, 0) is 11.3 Å². The maximum Gasteiger partial charge on any atom is 0.361 e. The largest absolute Gasteiger partial charge is 0.457 e. The van der Waals surface area contributed by atoms with Crippen molar-refractivity contribution in [1.29, 1.82) is 0 Å². The summed E-state index contributed by atoms with van der Waals surface area (Å²) in [5.41, 5.74) is 0.829. The van der Waals surface area contributed by atoms with E-state index < -0.39 is 5.97 Å². The summed E-state index contributed by atoms with van der Waals surface area (Å²) in [6.45, 7) is 9.83. The lowest BCUT2D eigenvalue weighted by Gasteiger charge is -2.09. The Morgan fingerprint density at radius 2 is 2.29 bits per heavy atom. The summed E-state index contributed by atoms with van der Waals surface area (Å²) < 4.78 is 8.37. The molecule has 8 heteroatoms. The van der Waals surface area contributed by atoms with Crippen LogP contribution < -0.4 is 0 Å². The van der Waals surface area contributed by atoms with Crippen molar-refractivity contribution in [2.75, 3.05) is 6.61 Å². The Labute approximate surface area is 122 Å². The molecule has 0 unspecified atom stereocenters. The summed E-state index contributed by atoms with van der Waals surface area (Å²) in [6, 6.07) is 0.198. The molecule has 2 aromatic rings. The molecule has 8 nitrogen and oxygen atoms in total. The van der Waals surface area contributed by atoms with Gasteiger partial charge in [-0.25, -0.2) is 19.1 Å². The van der Waals surface area contributed by atoms with Gasteiger partial charge in [-0.1, -0.05) is 17.9 Å². The first-order valence-electron chi connectivity index (χ1n) is 6.61. The number of carbonyl (C=O) groups is 1. The Kier molecular flexibility index (Phi) is 4.46. The molecule has 0 bridgehead atoms. The number of ether oxygens (including phenoxy) is 1. The fourth-order valence-electron chi connectivity index (χ4n) is 1.85. The molecule has 0 aromatic carbocycles. The predicted octanol–water partition coefficient (Wildman–Crippen LogP) is 1.15. The number of aromatic nitrogens is 6. The summed E-state index contributed by atoms with van der Waals surface area (Å²) in [5, 5.41) is 12.0. The highest BCUT2D eigenvalue weighted by molar-refractivity contribution is 5.88. The fourth-order valence-corrected chi connectivity index (χ4v) is 1.85. The molecule has 0 aliphatic heterocycles. The normalized spacial score (nSPS) is 10.9. The monoisotopic (exact) mass is 290 g/mol. The van der Waals surface area contributed by atoms with E-state index in [1.807, 2.05) is 13.8 Å². The number of rotatable bonds is 6. The van der Waals surface area contributed by atoms with Crippen molar-refractivity contribution < 1.29 is 9.53 Å². The first-order chi connectivity index (χ1) is 10.0. The van der Waals surface area contributed by atoms with Crippen molar-refractivity contribution in [1.82, 2.24) is 29.8 Å². The molecule has 0 fully saturated rings. The highest BCUT2D eigenvalue weighted by atomic mass is 16.5. The topological polar surface area (TPSA) is 87.7 Å². The van der Waals surface area contributed by atoms with Gasteiger partial charge in [-0.3, -0.25) is 0 Å². The van der Waals surface area contributed by atoms with Gasteiger partial charge in [0, 0.05) is 6.04 Å². The molecule has 0 N–H and O–H groups in total. The first kappa shape index (κ1) is 14.9. The molecule has 2 rings (SSSR count). The second-order valence-electron chi connectivity index (χ2n) is 4.78. The third kappa shape index (κ3) is 3.15. The summed E-state index contributed by atoms with van der Waals surface area (Å²) in [4.78, 5) is 16.0. The van der Waals surface area contributed by atoms with Crippen LogP contribution >= 0.6 is 0 Å². The van der Waals surface area contributed by atoms with E-state index in [1.54, 1.807) is 16.3 Å². The van der Waals surface area contributed by atoms with Crippen LogP contribution in [-0.4, -0.2) is 42.3 Å². The maximum absolute atomic E-state index is 11.8. The molecule has 0 spiro atoms. The molecular formula is C13H18N6O2. The Balaban J connectivity index is 2.18. The second kappa shape index (κ2) is 6.29. The molecule has 0 amide bonds. The van der Waals surface area contributed by atoms with Gasteiger partial charge in [0.2, 0.25) is 0 Å². The molecule has 112 valence electrons. The lowest BCUT2D eigenvalue weighted by molar-refractivity contribution is 0.0542. The zero-order valence-corrected chi connectivity index (χ0v) is 12.4. The maximum atomic E-state index is 11.8. The van der Waals surface area contributed by atoms with Gasteiger partial charge >= 0.3 is 5.97 Å². The van der Waals surface area contributed by atoms with Crippen molar-refractivity contribution >= 4 is 5.97 Å². The summed E-state index contributed by atoms with van der Waals surface area (Å²) in [7, 11) is 0. The van der Waals surface area contributed by atoms with Crippen LogP contribution in [0.1, 0.15) is 41.9 Å². The van der Waals surface area contributed by atoms with E-state index in [0.717, 1.165) is 5.82 Å². The van der Waals surface area contributed by atoms with E-state index in [1.165, 1.54) is 12.4 Å². The molecule has 21 heavy (non-hydrogen) atoms. The van der Waals surface area contributed by atoms with Gasteiger partial charge in [-0.05, 0) is 20.8 Å². The molecule has 2 heterocycles. The van der Waals surface area contributed by atoms with Gasteiger partial charge in [-0.2, -0.15) is 5.10 Å². The standard InChI is InChI=1S/C13H18N6O2/c1-5-6-21-13(20)12-10(4)18(17-16-12)7-11-14-8-15-19(11)9(2)3/h5,8-9H,1,6-7H2,2-4H3. The fraction of sp³-hybridized carbons (Fsp3) is 0.462. The second-order valence-corrected chi connectivity index (χ2v) is 4.78. The lowest BCUT2D eigenvalue weighted by Crippen LogP contribution is -2.14. The van der Waals surface area contributed by atoms with E-state index in [2.05, 4.69) is 27.0 Å². The zero-order chi connectivity index (χ0) is 15.4. The third-order valence-electron chi connectivity index (χ3n) is 2.94. The van der Waals surface area contributed by atoms with Crippen molar-refractivity contribution in [2.45, 2.75) is 33.4 Å². The van der Waals surface area contributed by atoms with E-state index >= 15 is 0 Å². The van der Waals surface area contributed by atoms with Gasteiger partial charge < -0.3 is 4.74 Å². The molecular weight excluding hydrogens is 272 g/mol. The number of nitrogens with zero attached hydrogens (tertiary/aromatic N) is 6. The first-order valence-corrected chi connectivity index (χ1v) is 6.61. The van der Waals surface area contributed by atoms with Crippen molar-refractivity contribution in [2.24, 2.45) is 0 Å². The van der Waals surface area contributed by atoms with Gasteiger partial charge in [-0.15, -0.1) is 5.10 Å². The van der Waals surface area contributed by atoms with Crippen LogP contribution in [0.4, 0.5) is 0 Å². The molecule has 2 aromatic heterocycles. The van der Waals surface area contributed by atoms with Gasteiger partial charge in [0.05, 0.1) is 5.69 Å². The summed E-state index contributed by atoms with van der Waals surface area (Å²) in [5.74, 6) is 0.244. The van der Waals surface area contributed by atoms with E-state index in [-0.39, 0.29) is 18.3 Å². The Morgan fingerprint density at radius 3 is 2.95 bits per heavy atom. The van der Waals surface area contributed by atoms with Gasteiger partial charge in [0.25, 0.3) is 0 Å². The minimum absolute atomic E-state index is 0.146. The number of carbonyl (C=O) groups excluding carboxylic acids is 1. The van der Waals surface area contributed by atoms with Crippen LogP contribution in [0.25, 0.3) is 0 Å². The quantitative estimate of drug-likeness (QED) is 0.586. The third-order valence-corrected chi connectivity index (χ3v) is 2.94. The average Bonchev–Trinajstić information content (AvgIpc) is 3.05. The van der Waals surface area contributed by atoms with E-state index in [4.69, 9.17) is 4.74 Å². The van der Waals surface area contributed by atoms with Crippen LogP contribution in [0.2, 0.25) is 0 Å². The average molecular weight is 290 g/mol. The van der Waals surface area contributed by atoms with Crippen LogP contribution in [0.3, 0.4) is 0 Å². The number of hydrogen-bond acceptors (Lipinski definition) is 6. The molecule has 0 radical (unpaired) electrons. The number of hydrogen-bond donors (Lipinski definition) is 0. The zero-order valence-electron chi connectivity index (χ0n) is 12.4. The predicted molar refractivity (Wildman–Crippen MR) is 74.7 cm³/mol. The van der Waals surface area contributed by atoms with Crippen LogP contribution in [0.15, 0.2) is 19.0 Å². The van der Waals surface area contributed by atoms with Crippen LogP contribution in [0, 0.1) is 6.92 Å². The van der Waals surface area contributed by atoms with Crippen molar-refractivity contribution in [3.63, 3.8) is 0 Å². The molecule has 0 aliphatic carbocycles. The van der Waals surface area contributed by atoms with E-state index in [0.29, 0.717) is 12.2 Å². The minimum atomic E-state index is -0.510. The Bertz CT molecular complexity index is 643. The number of esters is 1. The minimum Gasteiger partial charge on any atom is -0.457 e. The highest BCUT2D eigenvalue weighted by Crippen LogP contribution is 2.10. The lowest BCUT2D eigenvalue weighted by atomic mass is 10.3. The molecule has 0 aliphatic rings. The SMILES string of the molecule is C=CCOC(=O)c1nnn(Cc2ncnn2C(C)C)c1C. The molecule has 0 saturated carbocycles. The van der Waals surface area contributed by atoms with E-state index in [9.17, 15) is 4.79 Å².